The number of benzene rings is 3. The largest absolute Gasteiger partial charge is 0.573 e. The van der Waals surface area contributed by atoms with Crippen molar-refractivity contribution in [3.05, 3.63) is 122 Å². The number of alkyl halides is 3. The van der Waals surface area contributed by atoms with Crippen molar-refractivity contribution in [1.29, 1.82) is 0 Å². The molecule has 13 heteroatoms. The molecule has 2 aromatic heterocycles. The van der Waals surface area contributed by atoms with E-state index in [1.165, 1.54) is 23.7 Å². The van der Waals surface area contributed by atoms with Crippen LogP contribution in [0, 0.1) is 0 Å². The molecule has 43 heavy (non-hydrogen) atoms. The van der Waals surface area contributed by atoms with Gasteiger partial charge >= 0.3 is 12.1 Å². The van der Waals surface area contributed by atoms with Gasteiger partial charge in [-0.3, -0.25) is 18.9 Å². The van der Waals surface area contributed by atoms with E-state index in [9.17, 15) is 22.8 Å². The fourth-order valence-electron chi connectivity index (χ4n) is 5.01. The van der Waals surface area contributed by atoms with Crippen LogP contribution in [-0.2, 0) is 20.1 Å². The van der Waals surface area contributed by atoms with Crippen LogP contribution in [0.4, 0.5) is 24.7 Å². The summed E-state index contributed by atoms with van der Waals surface area (Å²) in [5.41, 5.74) is 1.24. The smallest absolute Gasteiger partial charge is 0.452 e. The van der Waals surface area contributed by atoms with Crippen molar-refractivity contribution in [3.63, 3.8) is 0 Å². The number of ether oxygens (including phenoxy) is 2. The van der Waals surface area contributed by atoms with Gasteiger partial charge in [0, 0.05) is 36.3 Å². The molecular formula is C30H23ClF3N5O4. The maximum absolute atomic E-state index is 14.1. The molecule has 1 atom stereocenters. The zero-order chi connectivity index (χ0) is 30.3. The first kappa shape index (κ1) is 28.2. The Morgan fingerprint density at radius 1 is 0.953 bits per heavy atom. The summed E-state index contributed by atoms with van der Waals surface area (Å²) < 4.78 is 51.0. The minimum Gasteiger partial charge on any atom is -0.452 e. The second-order valence-electron chi connectivity index (χ2n) is 9.81. The van der Waals surface area contributed by atoms with Gasteiger partial charge in [-0.15, -0.1) is 13.2 Å². The van der Waals surface area contributed by atoms with Gasteiger partial charge < -0.3 is 19.7 Å². The number of halogens is 4. The van der Waals surface area contributed by atoms with Crippen LogP contribution in [0.2, 0.25) is 5.02 Å². The van der Waals surface area contributed by atoms with E-state index in [1.807, 2.05) is 24.3 Å². The minimum absolute atomic E-state index is 0.0149. The molecule has 9 nitrogen and oxygen atoms in total. The van der Waals surface area contributed by atoms with Crippen LogP contribution in [0.5, 0.6) is 11.5 Å². The number of para-hydroxylation sites is 1. The quantitative estimate of drug-likeness (QED) is 0.261. The van der Waals surface area contributed by atoms with Crippen molar-refractivity contribution in [1.82, 2.24) is 14.1 Å². The number of rotatable bonds is 7. The number of nitrogens with zero attached hydrogens (tertiary/aromatic N) is 4. The zero-order valence-electron chi connectivity index (χ0n) is 22.5. The fourth-order valence-corrected chi connectivity index (χ4v) is 5.13. The van der Waals surface area contributed by atoms with Crippen LogP contribution in [-0.4, -0.2) is 26.8 Å². The molecule has 3 aromatic carbocycles. The highest BCUT2D eigenvalue weighted by Crippen LogP contribution is 2.34. The van der Waals surface area contributed by atoms with E-state index < -0.39 is 29.7 Å². The molecule has 0 amide bonds. The Hall–Kier alpha value is -4.97. The molecule has 0 spiro atoms. The fraction of sp³-hybridized carbons (Fsp3) is 0.167. The van der Waals surface area contributed by atoms with Gasteiger partial charge in [0.1, 0.15) is 23.0 Å². The third-order valence-electron chi connectivity index (χ3n) is 6.98. The van der Waals surface area contributed by atoms with E-state index >= 15 is 0 Å². The third kappa shape index (κ3) is 5.73. The first-order chi connectivity index (χ1) is 20.6. The molecule has 0 bridgehead atoms. The lowest BCUT2D eigenvalue weighted by molar-refractivity contribution is -0.274. The van der Waals surface area contributed by atoms with Gasteiger partial charge in [-0.25, -0.2) is 4.79 Å². The van der Waals surface area contributed by atoms with Crippen LogP contribution in [0.3, 0.4) is 0 Å². The molecule has 0 saturated carbocycles. The van der Waals surface area contributed by atoms with Gasteiger partial charge in [0.2, 0.25) is 0 Å². The van der Waals surface area contributed by atoms with Crippen molar-refractivity contribution in [2.24, 2.45) is 7.05 Å². The number of hydrogen-bond acceptors (Lipinski definition) is 7. The average Bonchev–Trinajstić information content (AvgIpc) is 3.32. The Morgan fingerprint density at radius 3 is 2.47 bits per heavy atom. The van der Waals surface area contributed by atoms with Gasteiger partial charge in [0.25, 0.3) is 11.9 Å². The van der Waals surface area contributed by atoms with Crippen LogP contribution in [0.15, 0.2) is 94.6 Å². The number of pyridine rings is 1. The van der Waals surface area contributed by atoms with Gasteiger partial charge in [-0.2, -0.15) is 0 Å². The molecule has 1 aliphatic rings. The summed E-state index contributed by atoms with van der Waals surface area (Å²) in [6.07, 6.45) is -4.33. The monoisotopic (exact) mass is 609 g/mol. The second kappa shape index (κ2) is 11.0. The van der Waals surface area contributed by atoms with Crippen molar-refractivity contribution in [3.8, 4) is 11.5 Å². The molecule has 6 rings (SSSR count). The lowest BCUT2D eigenvalue weighted by Gasteiger charge is -2.27. The van der Waals surface area contributed by atoms with Crippen LogP contribution < -0.4 is 30.9 Å². The molecule has 220 valence electrons. The summed E-state index contributed by atoms with van der Waals surface area (Å²) in [7, 11) is 1.52. The van der Waals surface area contributed by atoms with E-state index in [0.29, 0.717) is 5.02 Å². The molecule has 1 N–H and O–H groups in total. The van der Waals surface area contributed by atoms with Gasteiger partial charge in [-0.05, 0) is 47.5 Å². The van der Waals surface area contributed by atoms with Crippen molar-refractivity contribution in [2.45, 2.75) is 25.8 Å². The molecular weight excluding hydrogens is 587 g/mol. The minimum atomic E-state index is -4.88. The molecule has 0 radical (unpaired) electrons. The van der Waals surface area contributed by atoms with Gasteiger partial charge in [0.15, 0.2) is 0 Å². The number of fused-ring (bicyclic) bond motifs is 2. The Labute approximate surface area is 247 Å². The van der Waals surface area contributed by atoms with Crippen LogP contribution >= 0.6 is 11.6 Å². The number of anilines is 2. The Balaban J connectivity index is 1.42. The van der Waals surface area contributed by atoms with E-state index in [0.717, 1.165) is 38.7 Å². The third-order valence-corrected chi connectivity index (χ3v) is 7.23. The number of nitrogens with one attached hydrogen (secondary N) is 1. The Kier molecular flexibility index (Phi) is 7.22. The van der Waals surface area contributed by atoms with Crippen LogP contribution in [0.25, 0.3) is 10.9 Å². The highest BCUT2D eigenvalue weighted by molar-refractivity contribution is 6.30. The maximum atomic E-state index is 14.1. The van der Waals surface area contributed by atoms with Gasteiger partial charge in [0.05, 0.1) is 12.1 Å². The number of aromatic nitrogens is 3. The first-order valence-corrected chi connectivity index (χ1v) is 13.4. The van der Waals surface area contributed by atoms with Gasteiger partial charge in [-0.1, -0.05) is 48.0 Å². The van der Waals surface area contributed by atoms with Crippen molar-refractivity contribution in [2.75, 3.05) is 10.2 Å². The second-order valence-corrected chi connectivity index (χ2v) is 10.2. The SMILES string of the molecule is Cn1c2c(c(=O)n(Cc3ccnc4ccccc34)c1=O)N(Cc1ccc(Cl)cc1)C(Oc1cccc(OC(F)(F)F)c1)N2. The normalized spacial score (nSPS) is 14.4. The molecule has 1 aliphatic heterocycles. The summed E-state index contributed by atoms with van der Waals surface area (Å²) in [6.45, 7) is 0.130. The predicted molar refractivity (Wildman–Crippen MR) is 156 cm³/mol. The summed E-state index contributed by atoms with van der Waals surface area (Å²) in [5, 5.41) is 4.38. The molecule has 0 saturated heterocycles. The first-order valence-electron chi connectivity index (χ1n) is 13.0. The van der Waals surface area contributed by atoms with Crippen molar-refractivity contribution < 1.29 is 22.6 Å². The zero-order valence-corrected chi connectivity index (χ0v) is 23.3. The van der Waals surface area contributed by atoms with E-state index in [2.05, 4.69) is 15.0 Å². The molecule has 3 heterocycles. The molecule has 5 aromatic rings. The van der Waals surface area contributed by atoms with Crippen LogP contribution in [0.1, 0.15) is 11.1 Å². The molecule has 0 fully saturated rings. The summed E-state index contributed by atoms with van der Waals surface area (Å²) in [6, 6.07) is 21.2. The summed E-state index contributed by atoms with van der Waals surface area (Å²) in [5.74, 6) is -0.224. The predicted octanol–water partition coefficient (Wildman–Crippen LogP) is 5.49. The molecule has 1 unspecified atom stereocenters. The lowest BCUT2D eigenvalue weighted by atomic mass is 10.1. The van der Waals surface area contributed by atoms with E-state index in [-0.39, 0.29) is 30.3 Å². The van der Waals surface area contributed by atoms with Crippen molar-refractivity contribution >= 4 is 34.0 Å². The summed E-state index contributed by atoms with van der Waals surface area (Å²) >= 11 is 6.07. The van der Waals surface area contributed by atoms with E-state index in [1.54, 1.807) is 41.4 Å². The topological polar surface area (TPSA) is 90.6 Å². The Bertz CT molecular complexity index is 1940. The number of hydrogen-bond donors (Lipinski definition) is 1. The standard InChI is InChI=1S/C30H23ClF3N5O4/c1-37-26-25(27(40)39(29(37)41)17-19-13-14-35-24-8-3-2-7-23(19)24)38(16-18-9-11-20(31)12-10-18)28(36-26)42-21-5-4-6-22(15-21)43-30(32,33)34/h2-15,28,36H,16-17H2,1H3. The molecule has 0 aliphatic carbocycles. The maximum Gasteiger partial charge on any atom is 0.573 e. The lowest BCUT2D eigenvalue weighted by Crippen LogP contribution is -2.43. The summed E-state index contributed by atoms with van der Waals surface area (Å²) in [4.78, 5) is 33.5. The Morgan fingerprint density at radius 2 is 1.70 bits per heavy atom. The highest BCUT2D eigenvalue weighted by Gasteiger charge is 2.37. The highest BCUT2D eigenvalue weighted by atomic mass is 35.5. The van der Waals surface area contributed by atoms with E-state index in [4.69, 9.17) is 16.3 Å². The average molecular weight is 610 g/mol.